The van der Waals surface area contributed by atoms with Gasteiger partial charge in [-0.15, -0.1) is 5.73 Å². The zero-order chi connectivity index (χ0) is 10.7. The molecule has 74 valence electrons. The molecule has 0 radical (unpaired) electrons. The van der Waals surface area contributed by atoms with Crippen molar-refractivity contribution in [3.8, 4) is 0 Å². The van der Waals surface area contributed by atoms with E-state index in [0.29, 0.717) is 0 Å². The summed E-state index contributed by atoms with van der Waals surface area (Å²) in [7, 11) is 0. The van der Waals surface area contributed by atoms with Crippen LogP contribution in [0.5, 0.6) is 0 Å². The van der Waals surface area contributed by atoms with Crippen LogP contribution in [0.2, 0.25) is 0 Å². The van der Waals surface area contributed by atoms with E-state index < -0.39 is 0 Å². The number of benzene rings is 1. The van der Waals surface area contributed by atoms with Gasteiger partial charge in [0.05, 0.1) is 0 Å². The number of rotatable bonds is 1. The van der Waals surface area contributed by atoms with Crippen molar-refractivity contribution in [3.05, 3.63) is 71.0 Å². The maximum atomic E-state index is 3.17. The van der Waals surface area contributed by atoms with Gasteiger partial charge >= 0.3 is 0 Å². The lowest BCUT2D eigenvalue weighted by atomic mass is 10.0. The van der Waals surface area contributed by atoms with E-state index in [9.17, 15) is 0 Å². The Morgan fingerprint density at radius 3 is 2.33 bits per heavy atom. The Kier molecular flexibility index (Phi) is 2.71. The summed E-state index contributed by atoms with van der Waals surface area (Å²) in [5.74, 6) is 0. The Bertz CT molecular complexity index is 475. The molecule has 0 atom stereocenters. The second-order valence-electron chi connectivity index (χ2n) is 3.85. The van der Waals surface area contributed by atoms with Crippen LogP contribution in [0.1, 0.15) is 18.1 Å². The van der Waals surface area contributed by atoms with E-state index in [-0.39, 0.29) is 0 Å². The average molecular weight is 194 g/mol. The Balaban J connectivity index is 2.40. The van der Waals surface area contributed by atoms with Crippen LogP contribution in [-0.4, -0.2) is 0 Å². The maximum absolute atomic E-state index is 3.17. The van der Waals surface area contributed by atoms with Crippen molar-refractivity contribution in [2.45, 2.75) is 13.8 Å². The minimum atomic E-state index is 1.21. The second kappa shape index (κ2) is 4.16. The van der Waals surface area contributed by atoms with E-state index in [1.807, 2.05) is 12.2 Å². The monoisotopic (exact) mass is 194 g/mol. The highest BCUT2D eigenvalue weighted by molar-refractivity contribution is 5.76. The molecule has 0 heterocycles. The summed E-state index contributed by atoms with van der Waals surface area (Å²) < 4.78 is 0. The lowest BCUT2D eigenvalue weighted by Gasteiger charge is -2.00. The Hall–Kier alpha value is -1.78. The third-order valence-corrected chi connectivity index (χ3v) is 2.46. The van der Waals surface area contributed by atoms with Crippen LogP contribution >= 0.6 is 0 Å². The fourth-order valence-corrected chi connectivity index (χ4v) is 1.51. The molecule has 0 unspecified atom stereocenters. The summed E-state index contributed by atoms with van der Waals surface area (Å²) >= 11 is 0. The van der Waals surface area contributed by atoms with Crippen molar-refractivity contribution < 1.29 is 0 Å². The summed E-state index contributed by atoms with van der Waals surface area (Å²) in [5, 5.41) is 0. The van der Waals surface area contributed by atoms with Crippen LogP contribution in [-0.2, 0) is 0 Å². The smallest absolute Gasteiger partial charge is 0.0107 e. The highest BCUT2D eigenvalue weighted by Crippen LogP contribution is 2.18. The van der Waals surface area contributed by atoms with Gasteiger partial charge in [0, 0.05) is 0 Å². The van der Waals surface area contributed by atoms with Crippen LogP contribution in [0, 0.1) is 6.92 Å². The molecule has 1 aliphatic carbocycles. The largest absolute Gasteiger partial charge is 0.120 e. The first-order chi connectivity index (χ1) is 7.25. The number of aryl methyl sites for hydroxylation is 1. The standard InChI is InChI=1S/C15H14/c1-12-4-3-5-14(9-6-12)15-10-7-13(2)8-11-15/h4-11H,1-2H3. The molecule has 0 heteroatoms. The maximum Gasteiger partial charge on any atom is -0.0107 e. The normalized spacial score (nSPS) is 14.5. The van der Waals surface area contributed by atoms with Gasteiger partial charge in [-0.2, -0.15) is 0 Å². The van der Waals surface area contributed by atoms with Gasteiger partial charge in [0.15, 0.2) is 0 Å². The molecule has 0 aliphatic heterocycles. The summed E-state index contributed by atoms with van der Waals surface area (Å²) in [5.41, 5.74) is 8.15. The number of hydrogen-bond acceptors (Lipinski definition) is 0. The number of allylic oxidation sites excluding steroid dienone is 5. The molecule has 1 aromatic rings. The minimum absolute atomic E-state index is 1.21. The highest BCUT2D eigenvalue weighted by atomic mass is 14.0. The van der Waals surface area contributed by atoms with Crippen LogP contribution in [0.25, 0.3) is 5.57 Å². The van der Waals surface area contributed by atoms with E-state index >= 15 is 0 Å². The summed E-state index contributed by atoms with van der Waals surface area (Å²) in [6.07, 6.45) is 8.28. The van der Waals surface area contributed by atoms with Gasteiger partial charge in [0.2, 0.25) is 0 Å². The molecule has 0 spiro atoms. The molecular formula is C15H14. The van der Waals surface area contributed by atoms with E-state index in [1.165, 1.54) is 22.3 Å². The summed E-state index contributed by atoms with van der Waals surface area (Å²) in [6.45, 7) is 4.18. The average Bonchev–Trinajstić information content (AvgIpc) is 2.44. The molecule has 15 heavy (non-hydrogen) atoms. The predicted octanol–water partition coefficient (Wildman–Crippen LogP) is 4.05. The van der Waals surface area contributed by atoms with Crippen molar-refractivity contribution in [2.24, 2.45) is 0 Å². The third-order valence-electron chi connectivity index (χ3n) is 2.46. The molecule has 0 saturated carbocycles. The lowest BCUT2D eigenvalue weighted by molar-refractivity contribution is 1.45. The van der Waals surface area contributed by atoms with Crippen LogP contribution < -0.4 is 0 Å². The molecule has 0 bridgehead atoms. The molecule has 0 nitrogen and oxygen atoms in total. The molecule has 1 aromatic carbocycles. The van der Waals surface area contributed by atoms with E-state index in [1.54, 1.807) is 0 Å². The van der Waals surface area contributed by atoms with Crippen molar-refractivity contribution in [2.75, 3.05) is 0 Å². The molecule has 0 fully saturated rings. The topological polar surface area (TPSA) is 0 Å². The molecule has 1 aliphatic rings. The first kappa shape index (κ1) is 9.76. The fraction of sp³-hybridized carbons (Fsp3) is 0.133. The van der Waals surface area contributed by atoms with Crippen molar-refractivity contribution in [1.82, 2.24) is 0 Å². The number of hydrogen-bond donors (Lipinski definition) is 0. The van der Waals surface area contributed by atoms with Gasteiger partial charge in [-0.25, -0.2) is 0 Å². The van der Waals surface area contributed by atoms with E-state index in [0.717, 1.165) is 0 Å². The summed E-state index contributed by atoms with van der Waals surface area (Å²) in [4.78, 5) is 0. The molecule has 0 saturated heterocycles. The Morgan fingerprint density at radius 1 is 0.867 bits per heavy atom. The third kappa shape index (κ3) is 2.37. The second-order valence-corrected chi connectivity index (χ2v) is 3.85. The van der Waals surface area contributed by atoms with Crippen LogP contribution in [0.15, 0.2) is 59.9 Å². The van der Waals surface area contributed by atoms with Crippen molar-refractivity contribution >= 4 is 5.57 Å². The predicted molar refractivity (Wildman–Crippen MR) is 65.6 cm³/mol. The van der Waals surface area contributed by atoms with Gasteiger partial charge in [-0.1, -0.05) is 42.0 Å². The van der Waals surface area contributed by atoms with Crippen LogP contribution in [0.3, 0.4) is 0 Å². The highest BCUT2D eigenvalue weighted by Gasteiger charge is 1.97. The van der Waals surface area contributed by atoms with Crippen molar-refractivity contribution in [1.29, 1.82) is 0 Å². The summed E-state index contributed by atoms with van der Waals surface area (Å²) in [6, 6.07) is 8.56. The quantitative estimate of drug-likeness (QED) is 0.592. The Labute approximate surface area is 91.0 Å². The molecule has 0 aromatic heterocycles. The minimum Gasteiger partial charge on any atom is -0.120 e. The van der Waals surface area contributed by atoms with Gasteiger partial charge in [0.1, 0.15) is 0 Å². The van der Waals surface area contributed by atoms with Gasteiger partial charge in [-0.3, -0.25) is 0 Å². The fourth-order valence-electron chi connectivity index (χ4n) is 1.51. The molecule has 2 rings (SSSR count). The molecule has 0 amide bonds. The van der Waals surface area contributed by atoms with E-state index in [4.69, 9.17) is 0 Å². The van der Waals surface area contributed by atoms with Crippen molar-refractivity contribution in [3.63, 3.8) is 0 Å². The lowest BCUT2D eigenvalue weighted by Crippen LogP contribution is -1.80. The first-order valence-corrected chi connectivity index (χ1v) is 5.14. The molecular weight excluding hydrogens is 180 g/mol. The van der Waals surface area contributed by atoms with Crippen LogP contribution in [0.4, 0.5) is 0 Å². The van der Waals surface area contributed by atoms with Gasteiger partial charge in [0.25, 0.3) is 0 Å². The SMILES string of the molecule is CC1=CC=C(c2ccc(C)cc2)C=C=C1. The van der Waals surface area contributed by atoms with Gasteiger partial charge in [-0.05, 0) is 42.7 Å². The first-order valence-electron chi connectivity index (χ1n) is 5.14. The molecule has 0 N–H and O–H groups in total. The van der Waals surface area contributed by atoms with Gasteiger partial charge < -0.3 is 0 Å². The van der Waals surface area contributed by atoms with E-state index in [2.05, 4.69) is 56.0 Å². The Morgan fingerprint density at radius 2 is 1.60 bits per heavy atom. The zero-order valence-electron chi connectivity index (χ0n) is 9.12. The zero-order valence-corrected chi connectivity index (χ0v) is 9.12.